The number of ketones is 1. The number of unbranched alkanes of at least 4 members (excludes halogenated alkanes) is 3. The SMILES string of the molecule is O=C1CCC(N2C(=O)c3cccc(OCCCCCCC(=O)Nc4cccn(C(CC5CC5)C(=O)NC(CC5CCNC5=O)C(=O)C(=O)NCc5ccccc5)c4=O)c3C2=O)C(=O)N1. The molecule has 1 aromatic heterocycles. The lowest BCUT2D eigenvalue weighted by Gasteiger charge is -2.27. The quantitative estimate of drug-likeness (QED) is 0.0591. The Morgan fingerprint density at radius 2 is 1.58 bits per heavy atom. The van der Waals surface area contributed by atoms with Gasteiger partial charge in [-0.25, -0.2) is 0 Å². The van der Waals surface area contributed by atoms with E-state index >= 15 is 0 Å². The van der Waals surface area contributed by atoms with Crippen molar-refractivity contribution in [2.45, 2.75) is 102 Å². The van der Waals surface area contributed by atoms with Crippen LogP contribution in [-0.2, 0) is 40.1 Å². The molecule has 2 saturated heterocycles. The van der Waals surface area contributed by atoms with E-state index in [0.717, 1.165) is 23.3 Å². The van der Waals surface area contributed by atoms with Gasteiger partial charge in [0.25, 0.3) is 23.3 Å². The monoisotopic (exact) mass is 877 g/mol. The number of amides is 8. The maximum absolute atomic E-state index is 14.1. The summed E-state index contributed by atoms with van der Waals surface area (Å²) in [4.78, 5) is 131. The highest BCUT2D eigenvalue weighted by Crippen LogP contribution is 2.37. The maximum atomic E-state index is 14.1. The van der Waals surface area contributed by atoms with Gasteiger partial charge in [0.05, 0.1) is 23.8 Å². The van der Waals surface area contributed by atoms with Gasteiger partial charge in [-0.15, -0.1) is 0 Å². The minimum atomic E-state index is -1.32. The van der Waals surface area contributed by atoms with E-state index in [9.17, 15) is 47.9 Å². The number of imide groups is 2. The molecule has 18 heteroatoms. The van der Waals surface area contributed by atoms with Gasteiger partial charge < -0.3 is 30.6 Å². The Hall–Kier alpha value is -6.98. The highest BCUT2D eigenvalue weighted by atomic mass is 16.5. The molecule has 3 aromatic rings. The van der Waals surface area contributed by atoms with Gasteiger partial charge in [-0.3, -0.25) is 58.2 Å². The van der Waals surface area contributed by atoms with Crippen LogP contribution in [-0.4, -0.2) is 87.7 Å². The molecule has 1 aliphatic carbocycles. The van der Waals surface area contributed by atoms with E-state index in [2.05, 4.69) is 26.6 Å². The summed E-state index contributed by atoms with van der Waals surface area (Å²) in [6, 6.07) is 13.2. The van der Waals surface area contributed by atoms with Crippen molar-refractivity contribution in [3.8, 4) is 5.75 Å². The molecule has 3 fully saturated rings. The molecule has 1 saturated carbocycles. The third-order valence-corrected chi connectivity index (χ3v) is 12.0. The number of carbonyl (C=O) groups is 9. The standard InChI is InChI=1S/C46H51N7O11/c54-36(15-6-1-2-7-23-64-35-14-8-12-30-38(35)46(63)53(44(30)61)33-18-19-37(55)51-41(33)58)49-31-13-9-22-52(45(31)62)34(24-27-16-17-27)42(59)50-32(25-29-20-21-47-40(29)57)39(56)43(60)48-26-28-10-4-3-5-11-28/h3-5,8-14,22,27,29,32-34H,1-2,6-7,15-21,23-26H2,(H,47,57)(H,48,60)(H,49,54)(H,50,59)(H,51,55,58). The molecule has 0 radical (unpaired) electrons. The first kappa shape index (κ1) is 45.1. The van der Waals surface area contributed by atoms with Gasteiger partial charge in [0.15, 0.2) is 0 Å². The van der Waals surface area contributed by atoms with Gasteiger partial charge in [-0.1, -0.05) is 62.1 Å². The Bertz CT molecular complexity index is 2400. The Morgan fingerprint density at radius 3 is 2.31 bits per heavy atom. The first-order chi connectivity index (χ1) is 30.9. The summed E-state index contributed by atoms with van der Waals surface area (Å²) in [6.45, 7) is 0.716. The molecule has 8 amide bonds. The van der Waals surface area contributed by atoms with Gasteiger partial charge >= 0.3 is 0 Å². The van der Waals surface area contributed by atoms with Crippen LogP contribution < -0.4 is 36.9 Å². The lowest BCUT2D eigenvalue weighted by Crippen LogP contribution is -2.54. The third-order valence-electron chi connectivity index (χ3n) is 12.0. The van der Waals surface area contributed by atoms with Crippen molar-refractivity contribution in [3.63, 3.8) is 0 Å². The zero-order valence-electron chi connectivity index (χ0n) is 35.2. The van der Waals surface area contributed by atoms with E-state index in [4.69, 9.17) is 4.74 Å². The second kappa shape index (κ2) is 20.5. The summed E-state index contributed by atoms with van der Waals surface area (Å²) < 4.78 is 7.13. The second-order valence-corrected chi connectivity index (χ2v) is 16.6. The molecule has 4 atom stereocenters. The number of nitrogens with zero attached hydrogens (tertiary/aromatic N) is 2. The summed E-state index contributed by atoms with van der Waals surface area (Å²) in [5.41, 5.74) is 0.332. The lowest BCUT2D eigenvalue weighted by atomic mass is 9.94. The van der Waals surface area contributed by atoms with Crippen molar-refractivity contribution < 1.29 is 47.9 Å². The van der Waals surface area contributed by atoms with Gasteiger partial charge in [0.1, 0.15) is 23.5 Å². The predicted molar refractivity (Wildman–Crippen MR) is 228 cm³/mol. The van der Waals surface area contributed by atoms with Gasteiger partial charge in [-0.2, -0.15) is 0 Å². The largest absolute Gasteiger partial charge is 0.493 e. The molecule has 3 aliphatic heterocycles. The number of carbonyl (C=O) groups excluding carboxylic acids is 9. The average molecular weight is 878 g/mol. The number of pyridine rings is 1. The molecule has 5 N–H and O–H groups in total. The van der Waals surface area contributed by atoms with Crippen molar-refractivity contribution in [3.05, 3.63) is 93.9 Å². The summed E-state index contributed by atoms with van der Waals surface area (Å²) in [7, 11) is 0. The number of hydrogen-bond donors (Lipinski definition) is 5. The van der Waals surface area contributed by atoms with E-state index in [1.807, 2.05) is 6.07 Å². The summed E-state index contributed by atoms with van der Waals surface area (Å²) >= 11 is 0. The van der Waals surface area contributed by atoms with Gasteiger partial charge in [-0.05, 0) is 74.3 Å². The van der Waals surface area contributed by atoms with E-state index in [0.29, 0.717) is 45.1 Å². The van der Waals surface area contributed by atoms with E-state index in [1.165, 1.54) is 22.9 Å². The number of fused-ring (bicyclic) bond motifs is 1. The zero-order valence-corrected chi connectivity index (χ0v) is 35.2. The minimum Gasteiger partial charge on any atom is -0.493 e. The van der Waals surface area contributed by atoms with Crippen LogP contribution in [0.2, 0.25) is 0 Å². The summed E-state index contributed by atoms with van der Waals surface area (Å²) in [5, 5.41) is 12.9. The summed E-state index contributed by atoms with van der Waals surface area (Å²) in [6.07, 6.45) is 6.31. The molecule has 4 heterocycles. The van der Waals surface area contributed by atoms with Gasteiger partial charge in [0, 0.05) is 38.0 Å². The van der Waals surface area contributed by atoms with Crippen molar-refractivity contribution in [1.29, 1.82) is 0 Å². The van der Waals surface area contributed by atoms with E-state index < -0.39 is 76.7 Å². The number of rotatable bonds is 21. The Labute approximate surface area is 368 Å². The van der Waals surface area contributed by atoms with Crippen LogP contribution in [0.25, 0.3) is 0 Å². The highest BCUT2D eigenvalue weighted by molar-refractivity contribution is 6.38. The van der Waals surface area contributed by atoms with E-state index in [1.54, 1.807) is 42.5 Å². The van der Waals surface area contributed by atoms with Crippen LogP contribution in [0, 0.1) is 11.8 Å². The van der Waals surface area contributed by atoms with Crippen LogP contribution >= 0.6 is 0 Å². The third kappa shape index (κ3) is 10.8. The molecule has 0 spiro atoms. The summed E-state index contributed by atoms with van der Waals surface area (Å²) in [5.74, 6) is -5.79. The number of benzene rings is 2. The van der Waals surface area contributed by atoms with Crippen LogP contribution in [0.5, 0.6) is 5.75 Å². The van der Waals surface area contributed by atoms with Crippen LogP contribution in [0.1, 0.15) is 109 Å². The lowest BCUT2D eigenvalue weighted by molar-refractivity contribution is -0.141. The van der Waals surface area contributed by atoms with Crippen molar-refractivity contribution in [2.24, 2.45) is 11.8 Å². The molecule has 18 nitrogen and oxygen atoms in total. The molecular formula is C46H51N7O11. The molecular weight excluding hydrogens is 827 g/mol. The Kier molecular flexibility index (Phi) is 14.4. The number of Topliss-reactive ketones (excluding diaryl/α,β-unsaturated/α-hetero) is 1. The Morgan fingerprint density at radius 1 is 0.797 bits per heavy atom. The number of hydrogen-bond acceptors (Lipinski definition) is 11. The van der Waals surface area contributed by atoms with Crippen LogP contribution in [0.3, 0.4) is 0 Å². The van der Waals surface area contributed by atoms with Crippen molar-refractivity contribution >= 4 is 58.7 Å². The fraction of sp³-hybridized carbons (Fsp3) is 0.435. The fourth-order valence-corrected chi connectivity index (χ4v) is 8.28. The number of aromatic nitrogens is 1. The minimum absolute atomic E-state index is 0.0127. The predicted octanol–water partition coefficient (Wildman–Crippen LogP) is 2.46. The normalized spacial score (nSPS) is 19.0. The molecule has 4 unspecified atom stereocenters. The first-order valence-corrected chi connectivity index (χ1v) is 21.8. The molecule has 336 valence electrons. The highest BCUT2D eigenvalue weighted by Gasteiger charge is 2.46. The van der Waals surface area contributed by atoms with Crippen LogP contribution in [0.15, 0.2) is 71.7 Å². The molecule has 64 heavy (non-hydrogen) atoms. The maximum Gasteiger partial charge on any atom is 0.289 e. The smallest absolute Gasteiger partial charge is 0.289 e. The second-order valence-electron chi connectivity index (χ2n) is 16.6. The topological polar surface area (TPSA) is 248 Å². The first-order valence-electron chi connectivity index (χ1n) is 21.8. The molecule has 2 aromatic carbocycles. The average Bonchev–Trinajstić information content (AvgIpc) is 3.97. The molecule has 7 rings (SSSR count). The number of ether oxygens (including phenoxy) is 1. The van der Waals surface area contributed by atoms with Crippen LogP contribution in [0.4, 0.5) is 5.69 Å². The van der Waals surface area contributed by atoms with E-state index in [-0.39, 0.29) is 73.2 Å². The fourth-order valence-electron chi connectivity index (χ4n) is 8.28. The number of anilines is 1. The number of nitrogens with one attached hydrogen (secondary N) is 5. The molecule has 0 bridgehead atoms. The Balaban J connectivity index is 0.906. The zero-order chi connectivity index (χ0) is 45.3. The van der Waals surface area contributed by atoms with Gasteiger partial charge in [0.2, 0.25) is 35.3 Å². The molecule has 4 aliphatic rings. The van der Waals surface area contributed by atoms with Crippen molar-refractivity contribution in [2.75, 3.05) is 18.5 Å². The van der Waals surface area contributed by atoms with Crippen molar-refractivity contribution in [1.82, 2.24) is 30.7 Å². The number of piperidine rings is 1.